The van der Waals surface area contributed by atoms with E-state index in [9.17, 15) is 4.79 Å². The van der Waals surface area contributed by atoms with Gasteiger partial charge in [-0.2, -0.15) is 0 Å². The van der Waals surface area contributed by atoms with Crippen molar-refractivity contribution in [1.29, 1.82) is 0 Å². The maximum absolute atomic E-state index is 12.6. The lowest BCUT2D eigenvalue weighted by molar-refractivity contribution is -0.118. The Balaban J connectivity index is 1.68. The molecule has 1 amide bonds. The Bertz CT molecular complexity index is 531. The lowest BCUT2D eigenvalue weighted by Gasteiger charge is -2.18. The van der Waals surface area contributed by atoms with Gasteiger partial charge >= 0.3 is 0 Å². The smallest absolute Gasteiger partial charge is 0.241 e. The van der Waals surface area contributed by atoms with Gasteiger partial charge < -0.3 is 10.6 Å². The van der Waals surface area contributed by atoms with Crippen molar-refractivity contribution in [3.63, 3.8) is 0 Å². The van der Waals surface area contributed by atoms with Gasteiger partial charge in [-0.3, -0.25) is 4.79 Å². The van der Waals surface area contributed by atoms with Crippen LogP contribution in [-0.4, -0.2) is 24.2 Å². The van der Waals surface area contributed by atoms with Crippen molar-refractivity contribution in [3.05, 3.63) is 36.9 Å². The van der Waals surface area contributed by atoms with Gasteiger partial charge in [-0.05, 0) is 43.4 Å². The fraction of sp³-hybridized carbons (Fsp3) is 0.471. The molecule has 1 heterocycles. The fourth-order valence-corrected chi connectivity index (χ4v) is 4.28. The molecule has 21 heavy (non-hydrogen) atoms. The fourth-order valence-electron chi connectivity index (χ4n) is 3.53. The first-order valence-electron chi connectivity index (χ1n) is 7.66. The maximum atomic E-state index is 12.6. The first-order valence-corrected chi connectivity index (χ1v) is 8.65. The second-order valence-corrected chi connectivity index (χ2v) is 6.89. The molecule has 0 aromatic heterocycles. The Labute approximate surface area is 130 Å². The molecule has 2 aliphatic rings. The van der Waals surface area contributed by atoms with Gasteiger partial charge in [0.05, 0.1) is 11.7 Å². The molecule has 3 rings (SSSR count). The SMILES string of the molecule is C=CCSc1ccccc1NC(=O)C1NCC2CCCC21. The summed E-state index contributed by atoms with van der Waals surface area (Å²) < 4.78 is 0. The van der Waals surface area contributed by atoms with Crippen LogP contribution in [0.4, 0.5) is 5.69 Å². The summed E-state index contributed by atoms with van der Waals surface area (Å²) in [4.78, 5) is 13.7. The summed E-state index contributed by atoms with van der Waals surface area (Å²) >= 11 is 1.70. The quantitative estimate of drug-likeness (QED) is 0.648. The highest BCUT2D eigenvalue weighted by Crippen LogP contribution is 2.38. The molecular formula is C17H22N2OS. The number of nitrogens with one attached hydrogen (secondary N) is 2. The van der Waals surface area contributed by atoms with E-state index in [1.165, 1.54) is 19.3 Å². The van der Waals surface area contributed by atoms with E-state index in [4.69, 9.17) is 0 Å². The summed E-state index contributed by atoms with van der Waals surface area (Å²) in [5.74, 6) is 2.19. The summed E-state index contributed by atoms with van der Waals surface area (Å²) in [7, 11) is 0. The molecule has 3 atom stereocenters. The predicted molar refractivity (Wildman–Crippen MR) is 88.6 cm³/mol. The first kappa shape index (κ1) is 14.7. The summed E-state index contributed by atoms with van der Waals surface area (Å²) in [6.45, 7) is 4.74. The van der Waals surface area contributed by atoms with E-state index < -0.39 is 0 Å². The minimum Gasteiger partial charge on any atom is -0.324 e. The molecule has 0 bridgehead atoms. The highest BCUT2D eigenvalue weighted by molar-refractivity contribution is 7.99. The third-order valence-electron chi connectivity index (χ3n) is 4.53. The van der Waals surface area contributed by atoms with Crippen LogP contribution in [0, 0.1) is 11.8 Å². The first-order chi connectivity index (χ1) is 10.3. The third kappa shape index (κ3) is 3.16. The van der Waals surface area contributed by atoms with E-state index >= 15 is 0 Å². The maximum Gasteiger partial charge on any atom is 0.241 e. The van der Waals surface area contributed by atoms with Crippen molar-refractivity contribution in [2.24, 2.45) is 11.8 Å². The number of benzene rings is 1. The Hall–Kier alpha value is -1.26. The second-order valence-electron chi connectivity index (χ2n) is 5.83. The zero-order chi connectivity index (χ0) is 14.7. The molecule has 3 nitrogen and oxygen atoms in total. The van der Waals surface area contributed by atoms with Crippen LogP contribution in [0.2, 0.25) is 0 Å². The summed E-state index contributed by atoms with van der Waals surface area (Å²) in [6.07, 6.45) is 5.60. The topological polar surface area (TPSA) is 41.1 Å². The predicted octanol–water partition coefficient (Wildman–Crippen LogP) is 3.29. The molecular weight excluding hydrogens is 280 g/mol. The van der Waals surface area contributed by atoms with Crippen molar-refractivity contribution in [1.82, 2.24) is 5.32 Å². The zero-order valence-corrected chi connectivity index (χ0v) is 13.0. The largest absolute Gasteiger partial charge is 0.324 e. The van der Waals surface area contributed by atoms with Crippen molar-refractivity contribution in [2.75, 3.05) is 17.6 Å². The summed E-state index contributed by atoms with van der Waals surface area (Å²) in [5, 5.41) is 6.52. The average Bonchev–Trinajstić information content (AvgIpc) is 3.09. The number of carbonyl (C=O) groups is 1. The van der Waals surface area contributed by atoms with E-state index in [0.717, 1.165) is 22.9 Å². The Morgan fingerprint density at radius 1 is 1.43 bits per heavy atom. The average molecular weight is 302 g/mol. The van der Waals surface area contributed by atoms with E-state index in [1.54, 1.807) is 11.8 Å². The van der Waals surface area contributed by atoms with Gasteiger partial charge in [-0.1, -0.05) is 24.6 Å². The van der Waals surface area contributed by atoms with Crippen LogP contribution in [0.3, 0.4) is 0 Å². The highest BCUT2D eigenvalue weighted by atomic mass is 32.2. The number of para-hydroxylation sites is 1. The molecule has 1 aliphatic carbocycles. The van der Waals surface area contributed by atoms with Crippen LogP contribution in [0.5, 0.6) is 0 Å². The van der Waals surface area contributed by atoms with Gasteiger partial charge in [0.1, 0.15) is 0 Å². The Morgan fingerprint density at radius 2 is 2.29 bits per heavy atom. The Morgan fingerprint density at radius 3 is 3.14 bits per heavy atom. The molecule has 2 fully saturated rings. The van der Waals surface area contributed by atoms with Crippen LogP contribution in [-0.2, 0) is 4.79 Å². The van der Waals surface area contributed by atoms with E-state index in [-0.39, 0.29) is 11.9 Å². The number of amides is 1. The normalized spacial score (nSPS) is 27.3. The van der Waals surface area contributed by atoms with Gasteiger partial charge in [0, 0.05) is 10.6 Å². The number of carbonyl (C=O) groups excluding carboxylic acids is 1. The van der Waals surface area contributed by atoms with Crippen molar-refractivity contribution < 1.29 is 4.79 Å². The summed E-state index contributed by atoms with van der Waals surface area (Å²) in [5.41, 5.74) is 0.914. The molecule has 1 aliphatic heterocycles. The number of rotatable bonds is 5. The van der Waals surface area contributed by atoms with Crippen LogP contribution < -0.4 is 10.6 Å². The number of thioether (sulfide) groups is 1. The van der Waals surface area contributed by atoms with Gasteiger partial charge in [0.15, 0.2) is 0 Å². The van der Waals surface area contributed by atoms with E-state index in [1.807, 2.05) is 30.3 Å². The minimum atomic E-state index is -0.0186. The number of hydrogen-bond acceptors (Lipinski definition) is 3. The third-order valence-corrected chi connectivity index (χ3v) is 5.60. The van der Waals surface area contributed by atoms with Gasteiger partial charge in [-0.25, -0.2) is 0 Å². The zero-order valence-electron chi connectivity index (χ0n) is 12.2. The van der Waals surface area contributed by atoms with E-state index in [0.29, 0.717) is 11.8 Å². The van der Waals surface area contributed by atoms with Crippen molar-refractivity contribution in [2.45, 2.75) is 30.2 Å². The Kier molecular flexibility index (Phi) is 4.66. The van der Waals surface area contributed by atoms with E-state index in [2.05, 4.69) is 17.2 Å². The van der Waals surface area contributed by atoms with Crippen LogP contribution in [0.1, 0.15) is 19.3 Å². The lowest BCUT2D eigenvalue weighted by atomic mass is 9.93. The molecule has 0 spiro atoms. The lowest BCUT2D eigenvalue weighted by Crippen LogP contribution is -2.39. The number of hydrogen-bond donors (Lipinski definition) is 2. The minimum absolute atomic E-state index is 0.0186. The van der Waals surface area contributed by atoms with Gasteiger partial charge in [0.2, 0.25) is 5.91 Å². The molecule has 112 valence electrons. The van der Waals surface area contributed by atoms with Crippen LogP contribution in [0.25, 0.3) is 0 Å². The number of anilines is 1. The van der Waals surface area contributed by atoms with Crippen LogP contribution >= 0.6 is 11.8 Å². The second kappa shape index (κ2) is 6.67. The molecule has 1 aromatic rings. The summed E-state index contributed by atoms with van der Waals surface area (Å²) in [6, 6.07) is 7.97. The van der Waals surface area contributed by atoms with Crippen LogP contribution in [0.15, 0.2) is 41.8 Å². The molecule has 1 saturated carbocycles. The number of fused-ring (bicyclic) bond motifs is 1. The molecule has 1 saturated heterocycles. The highest BCUT2D eigenvalue weighted by Gasteiger charge is 2.42. The monoisotopic (exact) mass is 302 g/mol. The molecule has 4 heteroatoms. The van der Waals surface area contributed by atoms with Crippen molar-refractivity contribution >= 4 is 23.4 Å². The van der Waals surface area contributed by atoms with Gasteiger partial charge in [0.25, 0.3) is 0 Å². The standard InChI is InChI=1S/C17H22N2OS/c1-2-10-21-15-9-4-3-8-14(15)19-17(20)16-13-7-5-6-12(13)11-18-16/h2-4,8-9,12-13,16,18H,1,5-7,10-11H2,(H,19,20). The van der Waals surface area contributed by atoms with Crippen molar-refractivity contribution in [3.8, 4) is 0 Å². The van der Waals surface area contributed by atoms with Gasteiger partial charge in [-0.15, -0.1) is 18.3 Å². The molecule has 3 unspecified atom stereocenters. The molecule has 1 aromatic carbocycles. The molecule has 0 radical (unpaired) electrons. The molecule has 2 N–H and O–H groups in total.